The van der Waals surface area contributed by atoms with Gasteiger partial charge in [-0.05, 0) is 50.1 Å². The van der Waals surface area contributed by atoms with Gasteiger partial charge in [-0.1, -0.05) is 12.1 Å². The highest BCUT2D eigenvalue weighted by molar-refractivity contribution is 9.13. The first kappa shape index (κ1) is 9.80. The number of benzene rings is 1. The molecule has 0 saturated carbocycles. The van der Waals surface area contributed by atoms with E-state index in [1.807, 2.05) is 24.3 Å². The molecule has 0 aliphatic rings. The van der Waals surface area contributed by atoms with Crippen LogP contribution in [0.2, 0.25) is 0 Å². The molecule has 2 aromatic rings. The van der Waals surface area contributed by atoms with E-state index >= 15 is 0 Å². The fourth-order valence-electron chi connectivity index (χ4n) is 1.11. The van der Waals surface area contributed by atoms with Gasteiger partial charge in [0, 0.05) is 14.5 Å². The summed E-state index contributed by atoms with van der Waals surface area (Å²) in [6.07, 6.45) is 2.65. The smallest absolute Gasteiger partial charge is 0.113 e. The Morgan fingerprint density at radius 2 is 2.00 bits per heavy atom. The molecule has 1 aromatic heterocycles. The lowest BCUT2D eigenvalue weighted by Gasteiger charge is -2.03. The molecule has 0 bridgehead atoms. The minimum atomic E-state index is 0.830. The summed E-state index contributed by atoms with van der Waals surface area (Å²) in [5, 5.41) is 7.72. The number of hydrogen-bond donors (Lipinski definition) is 0. The average Bonchev–Trinajstić information content (AvgIpc) is 2.23. The molecule has 0 saturated heterocycles. The summed E-state index contributed by atoms with van der Waals surface area (Å²) in [4.78, 5) is 0. The molecule has 0 spiro atoms. The van der Waals surface area contributed by atoms with Gasteiger partial charge in [-0.2, -0.15) is 0 Å². The largest absolute Gasteiger partial charge is 0.150 e. The molecule has 0 fully saturated rings. The lowest BCUT2D eigenvalue weighted by molar-refractivity contribution is 1.03. The maximum Gasteiger partial charge on any atom is 0.113 e. The monoisotopic (exact) mass is 311 g/mol. The van der Waals surface area contributed by atoms with Gasteiger partial charge in [-0.15, -0.1) is 10.2 Å². The molecular formula is C10H5Br2N2. The van der Waals surface area contributed by atoms with Gasteiger partial charge in [0.05, 0.1) is 5.69 Å². The molecule has 0 atom stereocenters. The highest BCUT2D eigenvalue weighted by Gasteiger charge is 2.06. The van der Waals surface area contributed by atoms with E-state index in [4.69, 9.17) is 0 Å². The van der Waals surface area contributed by atoms with Crippen LogP contribution in [0.15, 0.2) is 39.3 Å². The lowest BCUT2D eigenvalue weighted by atomic mass is 10.1. The first-order valence-corrected chi connectivity index (χ1v) is 5.52. The van der Waals surface area contributed by atoms with E-state index in [2.05, 4.69) is 48.3 Å². The number of halogens is 2. The predicted molar refractivity (Wildman–Crippen MR) is 61.7 cm³/mol. The molecule has 1 aromatic carbocycles. The number of nitrogens with zero attached hydrogens (tertiary/aromatic N) is 2. The first-order valence-electron chi connectivity index (χ1n) is 3.93. The Kier molecular flexibility index (Phi) is 2.93. The molecule has 2 rings (SSSR count). The molecule has 0 aliphatic carbocycles. The van der Waals surface area contributed by atoms with Crippen molar-refractivity contribution in [3.63, 3.8) is 0 Å². The molecule has 0 aliphatic heterocycles. The summed E-state index contributed by atoms with van der Waals surface area (Å²) in [7, 11) is 0. The van der Waals surface area contributed by atoms with Crippen LogP contribution in [0.3, 0.4) is 0 Å². The fourth-order valence-corrected chi connectivity index (χ4v) is 1.94. The van der Waals surface area contributed by atoms with Crippen LogP contribution >= 0.6 is 31.9 Å². The Morgan fingerprint density at radius 1 is 1.14 bits per heavy atom. The molecule has 1 radical (unpaired) electrons. The lowest BCUT2D eigenvalue weighted by Crippen LogP contribution is -1.87. The van der Waals surface area contributed by atoms with Gasteiger partial charge in [0.1, 0.15) is 6.20 Å². The summed E-state index contributed by atoms with van der Waals surface area (Å²) in [5.41, 5.74) is 1.85. The zero-order valence-electron chi connectivity index (χ0n) is 7.04. The van der Waals surface area contributed by atoms with Gasteiger partial charge in [0.15, 0.2) is 0 Å². The van der Waals surface area contributed by atoms with Crippen LogP contribution in [0.25, 0.3) is 11.3 Å². The standard InChI is InChI=1S/C10H5Br2N2/c11-8-4-1-3-7(10(8)12)9-5-2-6-13-14-9/h1-5H. The predicted octanol–water partition coefficient (Wildman–Crippen LogP) is 3.47. The van der Waals surface area contributed by atoms with Crippen LogP contribution in [0.4, 0.5) is 0 Å². The van der Waals surface area contributed by atoms with Crippen LogP contribution in [-0.4, -0.2) is 10.2 Å². The topological polar surface area (TPSA) is 25.8 Å². The number of rotatable bonds is 1. The third kappa shape index (κ3) is 1.86. The maximum absolute atomic E-state index is 3.99. The minimum Gasteiger partial charge on any atom is -0.150 e. The van der Waals surface area contributed by atoms with Gasteiger partial charge >= 0.3 is 0 Å². The second-order valence-electron chi connectivity index (χ2n) is 2.65. The molecule has 14 heavy (non-hydrogen) atoms. The summed E-state index contributed by atoms with van der Waals surface area (Å²) in [6, 6.07) is 9.53. The van der Waals surface area contributed by atoms with E-state index in [0.29, 0.717) is 0 Å². The molecule has 4 heteroatoms. The van der Waals surface area contributed by atoms with Crippen molar-refractivity contribution in [1.82, 2.24) is 10.2 Å². The molecule has 69 valence electrons. The van der Waals surface area contributed by atoms with E-state index < -0.39 is 0 Å². The molecule has 2 nitrogen and oxygen atoms in total. The first-order chi connectivity index (χ1) is 6.79. The molecule has 0 amide bonds. The van der Waals surface area contributed by atoms with Crippen molar-refractivity contribution < 1.29 is 0 Å². The van der Waals surface area contributed by atoms with Crippen molar-refractivity contribution in [2.75, 3.05) is 0 Å². The molecule has 0 unspecified atom stereocenters. The normalized spacial score (nSPS) is 10.1. The number of hydrogen-bond acceptors (Lipinski definition) is 2. The number of aromatic nitrogens is 2. The zero-order valence-corrected chi connectivity index (χ0v) is 10.2. The fraction of sp³-hybridized carbons (Fsp3) is 0. The molecule has 0 N–H and O–H groups in total. The zero-order chi connectivity index (χ0) is 9.97. The summed E-state index contributed by atoms with van der Waals surface area (Å²) in [6.45, 7) is 0. The summed E-state index contributed by atoms with van der Waals surface area (Å²) < 4.78 is 1.99. The Bertz CT molecular complexity index is 443. The average molecular weight is 313 g/mol. The second kappa shape index (κ2) is 4.19. The second-order valence-corrected chi connectivity index (χ2v) is 4.30. The van der Waals surface area contributed by atoms with Crippen LogP contribution in [0.5, 0.6) is 0 Å². The summed E-state index contributed by atoms with van der Waals surface area (Å²) >= 11 is 6.93. The van der Waals surface area contributed by atoms with Crippen LogP contribution in [-0.2, 0) is 0 Å². The van der Waals surface area contributed by atoms with Gasteiger partial charge in [0.25, 0.3) is 0 Å². The third-order valence-electron chi connectivity index (χ3n) is 1.76. The Hall–Kier alpha value is -0.740. The minimum absolute atomic E-state index is 0.830. The Labute approximate surface area is 98.6 Å². The molecular weight excluding hydrogens is 308 g/mol. The highest BCUT2D eigenvalue weighted by Crippen LogP contribution is 2.32. The third-order valence-corrected chi connectivity index (χ3v) is 3.81. The van der Waals surface area contributed by atoms with Crippen molar-refractivity contribution in [2.24, 2.45) is 0 Å². The van der Waals surface area contributed by atoms with E-state index in [1.54, 1.807) is 6.07 Å². The quantitative estimate of drug-likeness (QED) is 0.806. The highest BCUT2D eigenvalue weighted by atomic mass is 79.9. The van der Waals surface area contributed by atoms with Crippen molar-refractivity contribution in [3.05, 3.63) is 45.5 Å². The van der Waals surface area contributed by atoms with Crippen LogP contribution < -0.4 is 0 Å². The van der Waals surface area contributed by atoms with Crippen molar-refractivity contribution >= 4 is 31.9 Å². The van der Waals surface area contributed by atoms with Crippen LogP contribution in [0.1, 0.15) is 0 Å². The summed E-state index contributed by atoms with van der Waals surface area (Å²) in [5.74, 6) is 0. The Balaban J connectivity index is 2.58. The Morgan fingerprint density at radius 3 is 2.71 bits per heavy atom. The van der Waals surface area contributed by atoms with Crippen LogP contribution in [0, 0.1) is 6.20 Å². The van der Waals surface area contributed by atoms with Crippen molar-refractivity contribution in [1.29, 1.82) is 0 Å². The van der Waals surface area contributed by atoms with E-state index in [0.717, 1.165) is 20.2 Å². The molecule has 1 heterocycles. The van der Waals surface area contributed by atoms with Gasteiger partial charge in [0.2, 0.25) is 0 Å². The maximum atomic E-state index is 3.99. The van der Waals surface area contributed by atoms with E-state index in [9.17, 15) is 0 Å². The SMILES string of the molecule is Brc1cccc(-c2cc[c]nn2)c1Br. The van der Waals surface area contributed by atoms with Gasteiger partial charge < -0.3 is 0 Å². The van der Waals surface area contributed by atoms with Gasteiger partial charge in [-0.25, -0.2) is 0 Å². The van der Waals surface area contributed by atoms with Crippen molar-refractivity contribution in [3.8, 4) is 11.3 Å². The van der Waals surface area contributed by atoms with E-state index in [1.165, 1.54) is 0 Å². The van der Waals surface area contributed by atoms with Crippen molar-refractivity contribution in [2.45, 2.75) is 0 Å². The van der Waals surface area contributed by atoms with E-state index in [-0.39, 0.29) is 0 Å². The van der Waals surface area contributed by atoms with Gasteiger partial charge in [-0.3, -0.25) is 0 Å².